The van der Waals surface area contributed by atoms with E-state index in [1.165, 1.54) is 12.1 Å². The molecule has 166 valence electrons. The van der Waals surface area contributed by atoms with Gasteiger partial charge in [-0.15, -0.1) is 0 Å². The van der Waals surface area contributed by atoms with Gasteiger partial charge in [-0.1, -0.05) is 6.07 Å². The number of hydrogen-bond donors (Lipinski definition) is 5. The molecule has 6 nitrogen and oxygen atoms in total. The Labute approximate surface area is 183 Å². The first kappa shape index (κ1) is 24.1. The largest absolute Gasteiger partial charge is 0.493 e. The number of halogens is 1. The lowest BCUT2D eigenvalue weighted by atomic mass is 9.98. The number of rotatable bonds is 11. The van der Waals surface area contributed by atoms with Gasteiger partial charge in [0.2, 0.25) is 0 Å². The summed E-state index contributed by atoms with van der Waals surface area (Å²) in [5.74, 6) is 0.211. The second-order valence-corrected chi connectivity index (χ2v) is 7.24. The van der Waals surface area contributed by atoms with Gasteiger partial charge in [-0.25, -0.2) is 4.39 Å². The Hall–Kier alpha value is -3.19. The lowest BCUT2D eigenvalue weighted by Gasteiger charge is -2.16. The molecule has 2 rings (SSSR count). The zero-order chi connectivity index (χ0) is 23.0. The average Bonchev–Trinajstić information content (AvgIpc) is 2.76. The molecule has 0 saturated heterocycles. The fourth-order valence-corrected chi connectivity index (χ4v) is 3.38. The SMILES string of the molecule is CNCC(=N)c1cc(-c2cc(F)ccc2OCC/C(C(C)=N)=C(\C)NC)ccc1NC. The fraction of sp³-hybridized carbons (Fsp3) is 0.333. The van der Waals surface area contributed by atoms with Crippen LogP contribution < -0.4 is 20.7 Å². The van der Waals surface area contributed by atoms with Gasteiger partial charge in [0.05, 0.1) is 12.3 Å². The standard InChI is InChI=1S/C24H32FN5O/c1-15(26)19(16(2)29-4)10-11-31-24-9-7-18(25)13-20(24)17-6-8-23(30-5)21(12-17)22(27)14-28-3/h6-9,12-13,26-30H,10-11,14H2,1-5H3/b19-16-,26-15?,27-22?. The molecule has 2 aromatic rings. The minimum atomic E-state index is -0.353. The molecule has 0 heterocycles. The lowest BCUT2D eigenvalue weighted by molar-refractivity contribution is 0.323. The molecule has 0 aliphatic carbocycles. The van der Waals surface area contributed by atoms with Crippen molar-refractivity contribution in [2.45, 2.75) is 20.3 Å². The van der Waals surface area contributed by atoms with Crippen molar-refractivity contribution in [3.8, 4) is 16.9 Å². The van der Waals surface area contributed by atoms with Crippen LogP contribution in [0.5, 0.6) is 5.75 Å². The number of benzene rings is 2. The van der Waals surface area contributed by atoms with Gasteiger partial charge in [-0.3, -0.25) is 0 Å². The van der Waals surface area contributed by atoms with Crippen LogP contribution in [0.1, 0.15) is 25.8 Å². The van der Waals surface area contributed by atoms with Crippen LogP contribution in [0.15, 0.2) is 47.7 Å². The van der Waals surface area contributed by atoms with Crippen LogP contribution in [0.4, 0.5) is 10.1 Å². The van der Waals surface area contributed by atoms with Crippen molar-refractivity contribution in [3.05, 3.63) is 59.0 Å². The van der Waals surface area contributed by atoms with E-state index in [4.69, 9.17) is 15.6 Å². The van der Waals surface area contributed by atoms with Crippen LogP contribution >= 0.6 is 0 Å². The van der Waals surface area contributed by atoms with E-state index in [2.05, 4.69) is 16.0 Å². The van der Waals surface area contributed by atoms with Crippen LogP contribution in [0.3, 0.4) is 0 Å². The van der Waals surface area contributed by atoms with Crippen LogP contribution in [-0.2, 0) is 0 Å². The summed E-state index contributed by atoms with van der Waals surface area (Å²) in [4.78, 5) is 0. The van der Waals surface area contributed by atoms with E-state index in [-0.39, 0.29) is 5.82 Å². The highest BCUT2D eigenvalue weighted by Crippen LogP contribution is 2.33. The fourth-order valence-electron chi connectivity index (χ4n) is 3.38. The van der Waals surface area contributed by atoms with Gasteiger partial charge >= 0.3 is 0 Å². The third-order valence-electron chi connectivity index (χ3n) is 5.11. The molecule has 0 spiro atoms. The summed E-state index contributed by atoms with van der Waals surface area (Å²) < 4.78 is 20.1. The molecule has 0 aromatic heterocycles. The second-order valence-electron chi connectivity index (χ2n) is 7.24. The number of ether oxygens (including phenoxy) is 1. The maximum Gasteiger partial charge on any atom is 0.127 e. The molecule has 0 fully saturated rings. The van der Waals surface area contributed by atoms with E-state index >= 15 is 0 Å². The van der Waals surface area contributed by atoms with Gasteiger partial charge in [0.15, 0.2) is 0 Å². The first-order valence-electron chi connectivity index (χ1n) is 10.2. The maximum absolute atomic E-state index is 14.1. The Balaban J connectivity index is 2.37. The highest BCUT2D eigenvalue weighted by Gasteiger charge is 2.14. The number of hydrogen-bond acceptors (Lipinski definition) is 6. The molecule has 5 N–H and O–H groups in total. The molecular weight excluding hydrogens is 393 g/mol. The molecule has 7 heteroatoms. The Bertz CT molecular complexity index is 984. The van der Waals surface area contributed by atoms with Crippen LogP contribution in [-0.4, -0.2) is 45.7 Å². The third kappa shape index (κ3) is 6.15. The summed E-state index contributed by atoms with van der Waals surface area (Å²) in [6.45, 7) is 4.47. The van der Waals surface area contributed by atoms with Crippen LogP contribution in [0.25, 0.3) is 11.1 Å². The molecule has 2 aromatic carbocycles. The molecule has 0 saturated carbocycles. The molecule has 0 aliphatic rings. The van der Waals surface area contributed by atoms with Crippen molar-refractivity contribution in [1.29, 1.82) is 10.8 Å². The smallest absolute Gasteiger partial charge is 0.127 e. The van der Waals surface area contributed by atoms with Crippen LogP contribution in [0, 0.1) is 16.6 Å². The van der Waals surface area contributed by atoms with Gasteiger partial charge in [-0.05, 0) is 62.4 Å². The van der Waals surface area contributed by atoms with Crippen molar-refractivity contribution >= 4 is 17.1 Å². The number of nitrogens with one attached hydrogen (secondary N) is 5. The van der Waals surface area contributed by atoms with Crippen molar-refractivity contribution in [2.75, 3.05) is 39.6 Å². The summed E-state index contributed by atoms with van der Waals surface area (Å²) in [6.07, 6.45) is 0.565. The molecule has 0 aliphatic heterocycles. The molecule has 31 heavy (non-hydrogen) atoms. The topological polar surface area (TPSA) is 93.0 Å². The monoisotopic (exact) mass is 425 g/mol. The molecular formula is C24H32FN5O. The molecule has 0 radical (unpaired) electrons. The minimum absolute atomic E-state index is 0.353. The number of anilines is 1. The molecule has 0 amide bonds. The van der Waals surface area contributed by atoms with E-state index in [1.54, 1.807) is 20.0 Å². The van der Waals surface area contributed by atoms with Gasteiger partial charge in [0.25, 0.3) is 0 Å². The van der Waals surface area contributed by atoms with Gasteiger partial charge in [0, 0.05) is 55.3 Å². The molecule has 0 unspecified atom stereocenters. The van der Waals surface area contributed by atoms with E-state index in [9.17, 15) is 4.39 Å². The van der Waals surface area contributed by atoms with Crippen molar-refractivity contribution in [1.82, 2.24) is 10.6 Å². The first-order valence-corrected chi connectivity index (χ1v) is 10.2. The summed E-state index contributed by atoms with van der Waals surface area (Å²) >= 11 is 0. The highest BCUT2D eigenvalue weighted by atomic mass is 19.1. The number of allylic oxidation sites excluding steroid dienone is 1. The van der Waals surface area contributed by atoms with E-state index < -0.39 is 0 Å². The van der Waals surface area contributed by atoms with Crippen molar-refractivity contribution in [3.63, 3.8) is 0 Å². The van der Waals surface area contributed by atoms with Gasteiger partial charge in [-0.2, -0.15) is 0 Å². The lowest BCUT2D eigenvalue weighted by Crippen LogP contribution is -2.19. The zero-order valence-electron chi connectivity index (χ0n) is 18.9. The number of likely N-dealkylation sites (N-methyl/N-ethyl adjacent to an activating group) is 1. The molecule has 0 atom stereocenters. The van der Waals surface area contributed by atoms with Gasteiger partial charge < -0.3 is 31.5 Å². The summed E-state index contributed by atoms with van der Waals surface area (Å²) in [6, 6.07) is 10.1. The van der Waals surface area contributed by atoms with Crippen molar-refractivity contribution in [2.24, 2.45) is 0 Å². The normalized spacial score (nSPS) is 11.5. The second kappa shape index (κ2) is 11.3. The van der Waals surface area contributed by atoms with Crippen LogP contribution in [0.2, 0.25) is 0 Å². The van der Waals surface area contributed by atoms with E-state index in [0.717, 1.165) is 28.1 Å². The Morgan fingerprint density at radius 2 is 1.77 bits per heavy atom. The van der Waals surface area contributed by atoms with E-state index in [1.807, 2.05) is 39.2 Å². The highest BCUT2D eigenvalue weighted by molar-refractivity contribution is 6.05. The quantitative estimate of drug-likeness (QED) is 0.345. The average molecular weight is 426 g/mol. The third-order valence-corrected chi connectivity index (χ3v) is 5.11. The van der Waals surface area contributed by atoms with E-state index in [0.29, 0.717) is 42.3 Å². The zero-order valence-corrected chi connectivity index (χ0v) is 18.9. The van der Waals surface area contributed by atoms with Crippen molar-refractivity contribution < 1.29 is 9.13 Å². The predicted molar refractivity (Wildman–Crippen MR) is 127 cm³/mol. The maximum atomic E-state index is 14.1. The Kier molecular flexibility index (Phi) is 8.75. The predicted octanol–water partition coefficient (Wildman–Crippen LogP) is 4.42. The minimum Gasteiger partial charge on any atom is -0.493 e. The summed E-state index contributed by atoms with van der Waals surface area (Å²) in [7, 11) is 5.44. The first-order chi connectivity index (χ1) is 14.8. The summed E-state index contributed by atoms with van der Waals surface area (Å²) in [5.41, 5.74) is 5.74. The Morgan fingerprint density at radius 3 is 2.39 bits per heavy atom. The summed E-state index contributed by atoms with van der Waals surface area (Å²) in [5, 5.41) is 25.5. The van der Waals surface area contributed by atoms with Gasteiger partial charge in [0.1, 0.15) is 11.6 Å². The molecule has 0 bridgehead atoms. The Morgan fingerprint density at radius 1 is 1.03 bits per heavy atom.